The van der Waals surface area contributed by atoms with Gasteiger partial charge in [-0.2, -0.15) is 5.10 Å². The van der Waals surface area contributed by atoms with Gasteiger partial charge in [0.25, 0.3) is 0 Å². The van der Waals surface area contributed by atoms with E-state index >= 15 is 0 Å². The van der Waals surface area contributed by atoms with Crippen molar-refractivity contribution < 1.29 is 9.90 Å². The Morgan fingerprint density at radius 3 is 2.37 bits per heavy atom. The molecule has 0 spiro atoms. The maximum absolute atomic E-state index is 11.5. The molecule has 0 bridgehead atoms. The number of carbonyl (C=O) groups is 1. The Labute approximate surface area is 159 Å². The van der Waals surface area contributed by atoms with Crippen molar-refractivity contribution in [2.45, 2.75) is 33.4 Å². The lowest BCUT2D eigenvalue weighted by Gasteiger charge is -2.17. The van der Waals surface area contributed by atoms with Gasteiger partial charge >= 0.3 is 5.97 Å². The quantitative estimate of drug-likeness (QED) is 0.665. The van der Waals surface area contributed by atoms with Crippen molar-refractivity contribution in [1.29, 1.82) is 0 Å². The number of aliphatic carboxylic acids is 1. The number of aromatic nitrogens is 2. The van der Waals surface area contributed by atoms with Gasteiger partial charge in [0.1, 0.15) is 6.04 Å². The lowest BCUT2D eigenvalue weighted by atomic mass is 10.0. The SMILES string of the molecule is Cc1ccc(-c2nn(-c3ccccc3)cc2CN[C@@H](C(=O)O)C(C)C)cc1. The third-order valence-corrected chi connectivity index (χ3v) is 4.58. The standard InChI is InChI=1S/C22H25N3O2/c1-15(2)20(22(26)27)23-13-18-14-25(19-7-5-4-6-8-19)24-21(18)17-11-9-16(3)10-12-17/h4-12,14-15,20,23H,13H2,1-3H3,(H,26,27)/t20-/m1/s1. The fraction of sp³-hybridized carbons (Fsp3) is 0.273. The first-order valence-corrected chi connectivity index (χ1v) is 9.13. The van der Waals surface area contributed by atoms with Crippen molar-refractivity contribution in [2.75, 3.05) is 0 Å². The number of aryl methyl sites for hydroxylation is 1. The van der Waals surface area contributed by atoms with Gasteiger partial charge in [0.15, 0.2) is 0 Å². The molecule has 0 aliphatic rings. The molecule has 3 rings (SSSR count). The minimum Gasteiger partial charge on any atom is -0.480 e. The molecule has 3 aromatic rings. The smallest absolute Gasteiger partial charge is 0.320 e. The van der Waals surface area contributed by atoms with Gasteiger partial charge in [-0.15, -0.1) is 0 Å². The van der Waals surface area contributed by atoms with E-state index in [1.54, 1.807) is 0 Å². The van der Waals surface area contributed by atoms with E-state index in [0.717, 1.165) is 22.5 Å². The van der Waals surface area contributed by atoms with E-state index in [1.165, 1.54) is 5.56 Å². The number of carboxylic acid groups (broad SMARTS) is 1. The van der Waals surface area contributed by atoms with Gasteiger partial charge in [-0.05, 0) is 25.0 Å². The van der Waals surface area contributed by atoms with Crippen LogP contribution >= 0.6 is 0 Å². The van der Waals surface area contributed by atoms with E-state index in [-0.39, 0.29) is 5.92 Å². The minimum absolute atomic E-state index is 0.00510. The van der Waals surface area contributed by atoms with Gasteiger partial charge in [-0.1, -0.05) is 61.9 Å². The van der Waals surface area contributed by atoms with Gasteiger partial charge in [-0.3, -0.25) is 10.1 Å². The fourth-order valence-electron chi connectivity index (χ4n) is 3.03. The maximum Gasteiger partial charge on any atom is 0.320 e. The highest BCUT2D eigenvalue weighted by Gasteiger charge is 2.22. The van der Waals surface area contributed by atoms with Gasteiger partial charge in [-0.25, -0.2) is 4.68 Å². The molecule has 2 N–H and O–H groups in total. The third-order valence-electron chi connectivity index (χ3n) is 4.58. The predicted octanol–water partition coefficient (Wildman–Crippen LogP) is 4.05. The molecule has 0 aliphatic heterocycles. The summed E-state index contributed by atoms with van der Waals surface area (Å²) < 4.78 is 1.84. The first-order valence-electron chi connectivity index (χ1n) is 9.13. The Bertz CT molecular complexity index is 899. The number of hydrogen-bond donors (Lipinski definition) is 2. The highest BCUT2D eigenvalue weighted by molar-refractivity contribution is 5.73. The Morgan fingerprint density at radius 1 is 1.11 bits per heavy atom. The second-order valence-electron chi connectivity index (χ2n) is 7.09. The largest absolute Gasteiger partial charge is 0.480 e. The Morgan fingerprint density at radius 2 is 1.78 bits per heavy atom. The van der Waals surface area contributed by atoms with Gasteiger partial charge in [0.2, 0.25) is 0 Å². The molecule has 1 atom stereocenters. The van der Waals surface area contributed by atoms with E-state index in [1.807, 2.05) is 67.2 Å². The summed E-state index contributed by atoms with van der Waals surface area (Å²) in [6, 6.07) is 17.5. The predicted molar refractivity (Wildman–Crippen MR) is 107 cm³/mol. The fourth-order valence-corrected chi connectivity index (χ4v) is 3.03. The molecule has 0 saturated heterocycles. The Hall–Kier alpha value is -2.92. The number of carboxylic acids is 1. The average Bonchev–Trinajstić information content (AvgIpc) is 3.07. The molecule has 2 aromatic carbocycles. The topological polar surface area (TPSA) is 67.2 Å². The number of nitrogens with zero attached hydrogens (tertiary/aromatic N) is 2. The van der Waals surface area contributed by atoms with Crippen LogP contribution in [0.25, 0.3) is 16.9 Å². The zero-order valence-corrected chi connectivity index (χ0v) is 15.9. The van der Waals surface area contributed by atoms with E-state index in [9.17, 15) is 9.90 Å². The molecular weight excluding hydrogens is 338 g/mol. The molecule has 0 radical (unpaired) electrons. The highest BCUT2D eigenvalue weighted by atomic mass is 16.4. The van der Waals surface area contributed by atoms with Crippen molar-refractivity contribution in [3.05, 3.63) is 71.9 Å². The summed E-state index contributed by atoms with van der Waals surface area (Å²) in [7, 11) is 0. The van der Waals surface area contributed by atoms with Crippen LogP contribution in [-0.2, 0) is 11.3 Å². The molecule has 5 heteroatoms. The van der Waals surface area contributed by atoms with Crippen LogP contribution in [0.15, 0.2) is 60.8 Å². The van der Waals surface area contributed by atoms with Gasteiger partial charge in [0.05, 0.1) is 11.4 Å². The van der Waals surface area contributed by atoms with Crippen molar-refractivity contribution in [3.8, 4) is 16.9 Å². The van der Waals surface area contributed by atoms with Crippen molar-refractivity contribution >= 4 is 5.97 Å². The number of para-hydroxylation sites is 1. The number of benzene rings is 2. The van der Waals surface area contributed by atoms with Crippen LogP contribution in [0.3, 0.4) is 0 Å². The summed E-state index contributed by atoms with van der Waals surface area (Å²) in [6.45, 7) is 6.29. The zero-order chi connectivity index (χ0) is 19.4. The van der Waals surface area contributed by atoms with E-state index in [4.69, 9.17) is 5.10 Å². The molecule has 0 unspecified atom stereocenters. The van der Waals surface area contributed by atoms with E-state index in [2.05, 4.69) is 24.4 Å². The van der Waals surface area contributed by atoms with Crippen molar-refractivity contribution in [3.63, 3.8) is 0 Å². The van der Waals surface area contributed by atoms with Crippen LogP contribution in [0.5, 0.6) is 0 Å². The summed E-state index contributed by atoms with van der Waals surface area (Å²) in [6.07, 6.45) is 1.97. The summed E-state index contributed by atoms with van der Waals surface area (Å²) in [5, 5.41) is 17.4. The summed E-state index contributed by atoms with van der Waals surface area (Å²) in [5.41, 5.74) is 5.00. The minimum atomic E-state index is -0.836. The van der Waals surface area contributed by atoms with Gasteiger partial charge in [0, 0.05) is 23.9 Å². The Kier molecular flexibility index (Phi) is 5.72. The molecule has 0 amide bonds. The van der Waals surface area contributed by atoms with Crippen molar-refractivity contribution in [2.24, 2.45) is 5.92 Å². The van der Waals surface area contributed by atoms with Crippen LogP contribution in [-0.4, -0.2) is 26.9 Å². The normalized spacial score (nSPS) is 12.3. The number of rotatable bonds is 7. The van der Waals surface area contributed by atoms with E-state index < -0.39 is 12.0 Å². The lowest BCUT2D eigenvalue weighted by Crippen LogP contribution is -2.40. The molecule has 1 aromatic heterocycles. The van der Waals surface area contributed by atoms with Crippen LogP contribution < -0.4 is 5.32 Å². The lowest BCUT2D eigenvalue weighted by molar-refractivity contribution is -0.140. The number of nitrogens with one attached hydrogen (secondary N) is 1. The summed E-state index contributed by atoms with van der Waals surface area (Å²) >= 11 is 0. The molecule has 27 heavy (non-hydrogen) atoms. The van der Waals surface area contributed by atoms with Gasteiger partial charge < -0.3 is 5.11 Å². The third kappa shape index (κ3) is 4.44. The first-order chi connectivity index (χ1) is 13.0. The highest BCUT2D eigenvalue weighted by Crippen LogP contribution is 2.24. The number of hydrogen-bond acceptors (Lipinski definition) is 3. The second kappa shape index (κ2) is 8.18. The molecule has 1 heterocycles. The monoisotopic (exact) mass is 363 g/mol. The average molecular weight is 363 g/mol. The van der Waals surface area contributed by atoms with Crippen LogP contribution in [0.4, 0.5) is 0 Å². The Balaban J connectivity index is 1.96. The molecule has 5 nitrogen and oxygen atoms in total. The second-order valence-corrected chi connectivity index (χ2v) is 7.09. The van der Waals surface area contributed by atoms with Crippen LogP contribution in [0.1, 0.15) is 25.0 Å². The molecule has 0 fully saturated rings. The molecular formula is C22H25N3O2. The first kappa shape index (κ1) is 18.9. The zero-order valence-electron chi connectivity index (χ0n) is 15.9. The van der Waals surface area contributed by atoms with Crippen LogP contribution in [0, 0.1) is 12.8 Å². The maximum atomic E-state index is 11.5. The summed E-state index contributed by atoms with van der Waals surface area (Å²) in [5.74, 6) is -0.841. The van der Waals surface area contributed by atoms with E-state index in [0.29, 0.717) is 6.54 Å². The molecule has 0 saturated carbocycles. The summed E-state index contributed by atoms with van der Waals surface area (Å²) in [4.78, 5) is 11.5. The molecule has 140 valence electrons. The van der Waals surface area contributed by atoms with Crippen molar-refractivity contribution in [1.82, 2.24) is 15.1 Å². The van der Waals surface area contributed by atoms with Crippen LogP contribution in [0.2, 0.25) is 0 Å². The molecule has 0 aliphatic carbocycles.